The molecule has 2 aromatic rings. The Labute approximate surface area is 151 Å². The summed E-state index contributed by atoms with van der Waals surface area (Å²) in [6, 6.07) is 12.6. The molecule has 0 aromatic heterocycles. The van der Waals surface area contributed by atoms with Crippen molar-refractivity contribution >= 4 is 11.9 Å². The number of halogens is 1. The number of carbonyl (C=O) groups excluding carboxylic acids is 1. The largest absolute Gasteiger partial charge is 0.494 e. The Bertz CT molecular complexity index is 794. The molecular weight excluding hydrogens is 337 g/mol. The number of ether oxygens (including phenoxy) is 1. The van der Waals surface area contributed by atoms with Gasteiger partial charge in [-0.15, -0.1) is 0 Å². The van der Waals surface area contributed by atoms with Crippen LogP contribution in [0, 0.1) is 5.82 Å². The number of amides is 1. The zero-order valence-electron chi connectivity index (χ0n) is 15.0. The third-order valence-electron chi connectivity index (χ3n) is 4.45. The molecule has 2 atom stereocenters. The van der Waals surface area contributed by atoms with Crippen LogP contribution in [0.4, 0.5) is 4.39 Å². The lowest BCUT2D eigenvalue weighted by Gasteiger charge is -2.26. The Hall–Kier alpha value is -2.89. The summed E-state index contributed by atoms with van der Waals surface area (Å²) in [6.45, 7) is 3.22. The SMILES string of the molecule is COc1ccc([C@H](C)NC(=O)C[C@](C)(C(=O)O)c2ccccc2)cc1F. The average molecular weight is 359 g/mol. The van der Waals surface area contributed by atoms with Gasteiger partial charge in [0.05, 0.1) is 18.6 Å². The van der Waals surface area contributed by atoms with E-state index in [-0.39, 0.29) is 12.2 Å². The molecule has 0 spiro atoms. The molecule has 0 saturated heterocycles. The van der Waals surface area contributed by atoms with E-state index in [2.05, 4.69) is 5.32 Å². The monoisotopic (exact) mass is 359 g/mol. The maximum Gasteiger partial charge on any atom is 0.314 e. The first-order valence-electron chi connectivity index (χ1n) is 8.19. The highest BCUT2D eigenvalue weighted by Gasteiger charge is 2.37. The smallest absolute Gasteiger partial charge is 0.314 e. The topological polar surface area (TPSA) is 75.6 Å². The standard InChI is InChI=1S/C20H22FNO4/c1-13(14-9-10-17(26-3)16(21)11-14)22-18(23)12-20(2,19(24)25)15-7-5-4-6-8-15/h4-11,13H,12H2,1-3H3,(H,22,23)(H,24,25)/t13-,20-/m0/s1. The van der Waals surface area contributed by atoms with Crippen LogP contribution in [0.2, 0.25) is 0 Å². The van der Waals surface area contributed by atoms with Gasteiger partial charge >= 0.3 is 5.97 Å². The molecule has 138 valence electrons. The Morgan fingerprint density at radius 3 is 2.42 bits per heavy atom. The normalized spacial score (nSPS) is 14.2. The lowest BCUT2D eigenvalue weighted by molar-refractivity contribution is -0.145. The van der Waals surface area contributed by atoms with Crippen LogP contribution < -0.4 is 10.1 Å². The second-order valence-electron chi connectivity index (χ2n) is 6.36. The minimum absolute atomic E-state index is 0.120. The highest BCUT2D eigenvalue weighted by Crippen LogP contribution is 2.29. The zero-order chi connectivity index (χ0) is 19.3. The molecule has 0 heterocycles. The summed E-state index contributed by atoms with van der Waals surface area (Å²) in [6.07, 6.45) is -0.227. The van der Waals surface area contributed by atoms with E-state index in [1.807, 2.05) is 0 Å². The van der Waals surface area contributed by atoms with E-state index >= 15 is 0 Å². The van der Waals surface area contributed by atoms with Crippen LogP contribution in [-0.2, 0) is 15.0 Å². The number of hydrogen-bond acceptors (Lipinski definition) is 3. The minimum Gasteiger partial charge on any atom is -0.494 e. The predicted molar refractivity (Wildman–Crippen MR) is 95.6 cm³/mol. The molecule has 0 aliphatic heterocycles. The van der Waals surface area contributed by atoms with Crippen molar-refractivity contribution in [1.82, 2.24) is 5.32 Å². The molecule has 0 radical (unpaired) electrons. The molecule has 0 fully saturated rings. The first-order valence-corrected chi connectivity index (χ1v) is 8.19. The molecule has 0 bridgehead atoms. The number of hydrogen-bond donors (Lipinski definition) is 2. The van der Waals surface area contributed by atoms with Crippen molar-refractivity contribution in [1.29, 1.82) is 0 Å². The molecule has 5 nitrogen and oxygen atoms in total. The van der Waals surface area contributed by atoms with Gasteiger partial charge in [-0.25, -0.2) is 4.39 Å². The fourth-order valence-electron chi connectivity index (χ4n) is 2.76. The van der Waals surface area contributed by atoms with Crippen molar-refractivity contribution in [3.63, 3.8) is 0 Å². The van der Waals surface area contributed by atoms with Crippen LogP contribution in [0.25, 0.3) is 0 Å². The van der Waals surface area contributed by atoms with Gasteiger partial charge in [-0.2, -0.15) is 0 Å². The molecule has 0 aliphatic carbocycles. The third-order valence-corrected chi connectivity index (χ3v) is 4.45. The molecule has 0 unspecified atom stereocenters. The van der Waals surface area contributed by atoms with Crippen molar-refractivity contribution in [3.8, 4) is 5.75 Å². The van der Waals surface area contributed by atoms with E-state index in [4.69, 9.17) is 4.74 Å². The molecule has 2 N–H and O–H groups in total. The number of nitrogens with one attached hydrogen (secondary N) is 1. The first kappa shape index (κ1) is 19.4. The van der Waals surface area contributed by atoms with Crippen molar-refractivity contribution < 1.29 is 23.8 Å². The summed E-state index contributed by atoms with van der Waals surface area (Å²) in [7, 11) is 1.37. The molecular formula is C20H22FNO4. The first-order chi connectivity index (χ1) is 12.3. The number of carboxylic acids is 1. The highest BCUT2D eigenvalue weighted by molar-refractivity contribution is 5.89. The van der Waals surface area contributed by atoms with E-state index in [1.54, 1.807) is 43.3 Å². The van der Waals surface area contributed by atoms with Crippen molar-refractivity contribution in [2.45, 2.75) is 31.7 Å². The highest BCUT2D eigenvalue weighted by atomic mass is 19.1. The minimum atomic E-state index is -1.35. The van der Waals surface area contributed by atoms with Gasteiger partial charge in [-0.1, -0.05) is 36.4 Å². The lowest BCUT2D eigenvalue weighted by atomic mass is 9.79. The zero-order valence-corrected chi connectivity index (χ0v) is 15.0. The Balaban J connectivity index is 2.13. The Morgan fingerprint density at radius 1 is 1.23 bits per heavy atom. The van der Waals surface area contributed by atoms with Crippen molar-refractivity contribution in [2.75, 3.05) is 7.11 Å². The quantitative estimate of drug-likeness (QED) is 0.794. The maximum absolute atomic E-state index is 13.8. The van der Waals surface area contributed by atoms with Crippen LogP contribution in [-0.4, -0.2) is 24.1 Å². The van der Waals surface area contributed by atoms with Crippen LogP contribution in [0.5, 0.6) is 5.75 Å². The molecule has 1 amide bonds. The number of carbonyl (C=O) groups is 2. The summed E-state index contributed by atoms with van der Waals surface area (Å²) in [5.41, 5.74) is -0.241. The molecule has 6 heteroatoms. The van der Waals surface area contributed by atoms with E-state index < -0.39 is 29.2 Å². The van der Waals surface area contributed by atoms with Gasteiger partial charge in [0.2, 0.25) is 5.91 Å². The molecule has 2 aromatic carbocycles. The van der Waals surface area contributed by atoms with Crippen LogP contribution in [0.3, 0.4) is 0 Å². The summed E-state index contributed by atoms with van der Waals surface area (Å²) < 4.78 is 18.7. The Morgan fingerprint density at radius 2 is 1.88 bits per heavy atom. The maximum atomic E-state index is 13.8. The molecule has 0 aliphatic rings. The summed E-state index contributed by atoms with van der Waals surface area (Å²) in [5, 5.41) is 12.4. The van der Waals surface area contributed by atoms with E-state index in [1.165, 1.54) is 26.2 Å². The summed E-state index contributed by atoms with van der Waals surface area (Å²) >= 11 is 0. The Kier molecular flexibility index (Phi) is 5.97. The number of carboxylic acid groups (broad SMARTS) is 1. The third kappa shape index (κ3) is 4.20. The van der Waals surface area contributed by atoms with Gasteiger partial charge in [0, 0.05) is 6.42 Å². The number of benzene rings is 2. The number of methoxy groups -OCH3 is 1. The summed E-state index contributed by atoms with van der Waals surface area (Å²) in [5.74, 6) is -1.91. The van der Waals surface area contributed by atoms with Gasteiger partial charge in [0.1, 0.15) is 0 Å². The van der Waals surface area contributed by atoms with Crippen molar-refractivity contribution in [3.05, 3.63) is 65.5 Å². The number of rotatable bonds is 7. The van der Waals surface area contributed by atoms with E-state index in [9.17, 15) is 19.1 Å². The fourth-order valence-corrected chi connectivity index (χ4v) is 2.76. The fraction of sp³-hybridized carbons (Fsp3) is 0.300. The van der Waals surface area contributed by atoms with Crippen LogP contribution in [0.1, 0.15) is 37.4 Å². The van der Waals surface area contributed by atoms with Crippen LogP contribution in [0.15, 0.2) is 48.5 Å². The van der Waals surface area contributed by atoms with E-state index in [0.717, 1.165) is 0 Å². The van der Waals surface area contributed by atoms with Crippen LogP contribution >= 0.6 is 0 Å². The van der Waals surface area contributed by atoms with Crippen molar-refractivity contribution in [2.24, 2.45) is 0 Å². The lowest BCUT2D eigenvalue weighted by Crippen LogP contribution is -2.39. The molecule has 26 heavy (non-hydrogen) atoms. The number of aliphatic carboxylic acids is 1. The molecule has 2 rings (SSSR count). The van der Waals surface area contributed by atoms with Gasteiger partial charge in [0.15, 0.2) is 11.6 Å². The second-order valence-corrected chi connectivity index (χ2v) is 6.36. The van der Waals surface area contributed by atoms with E-state index in [0.29, 0.717) is 11.1 Å². The second kappa shape index (κ2) is 7.99. The average Bonchev–Trinajstić information content (AvgIpc) is 2.61. The van der Waals surface area contributed by atoms with Gasteiger partial charge in [0.25, 0.3) is 0 Å². The molecule has 0 saturated carbocycles. The predicted octanol–water partition coefficient (Wildman–Crippen LogP) is 3.44. The van der Waals surface area contributed by atoms with Gasteiger partial charge in [-0.05, 0) is 37.1 Å². The summed E-state index contributed by atoms with van der Waals surface area (Å²) in [4.78, 5) is 24.2. The van der Waals surface area contributed by atoms with Gasteiger partial charge in [-0.3, -0.25) is 9.59 Å². The van der Waals surface area contributed by atoms with Gasteiger partial charge < -0.3 is 15.2 Å².